The van der Waals surface area contributed by atoms with Crippen molar-refractivity contribution >= 4 is 11.7 Å². The van der Waals surface area contributed by atoms with E-state index in [0.717, 1.165) is 37.0 Å². The zero-order valence-electron chi connectivity index (χ0n) is 21.1. The highest BCUT2D eigenvalue weighted by atomic mass is 16.7. The molecule has 0 radical (unpaired) electrons. The summed E-state index contributed by atoms with van der Waals surface area (Å²) in [6, 6.07) is 4.43. The fraction of sp³-hybridized carbons (Fsp3) is 0.552. The first kappa shape index (κ1) is 22.7. The highest BCUT2D eigenvalue weighted by Crippen LogP contribution is 2.66. The second-order valence-electron chi connectivity index (χ2n) is 11.6. The molecule has 0 N–H and O–H groups in total. The molecule has 0 bridgehead atoms. The van der Waals surface area contributed by atoms with Crippen LogP contribution in [0.15, 0.2) is 61.0 Å². The van der Waals surface area contributed by atoms with Gasteiger partial charge in [-0.25, -0.2) is 14.3 Å². The maximum absolute atomic E-state index is 12.4. The van der Waals surface area contributed by atoms with Crippen molar-refractivity contribution in [1.82, 2.24) is 19.6 Å². The van der Waals surface area contributed by atoms with Gasteiger partial charge in [-0.05, 0) is 90.7 Å². The molecule has 2 fully saturated rings. The van der Waals surface area contributed by atoms with Crippen LogP contribution in [0.2, 0.25) is 0 Å². The Morgan fingerprint density at radius 3 is 2.74 bits per heavy atom. The summed E-state index contributed by atoms with van der Waals surface area (Å²) in [5.41, 5.74) is 4.95. The van der Waals surface area contributed by atoms with E-state index in [0.29, 0.717) is 0 Å². The van der Waals surface area contributed by atoms with E-state index in [1.165, 1.54) is 47.7 Å². The van der Waals surface area contributed by atoms with Crippen molar-refractivity contribution in [3.63, 3.8) is 0 Å². The molecule has 6 atom stereocenters. The third-order valence-electron chi connectivity index (χ3n) is 10.0. The first-order valence-corrected chi connectivity index (χ1v) is 13.2. The van der Waals surface area contributed by atoms with Gasteiger partial charge in [-0.2, -0.15) is 0 Å². The maximum atomic E-state index is 12.4. The molecule has 2 aromatic heterocycles. The quantitative estimate of drug-likeness (QED) is 0.397. The van der Waals surface area contributed by atoms with Crippen molar-refractivity contribution in [2.75, 3.05) is 7.05 Å². The Bertz CT molecular complexity index is 1160. The van der Waals surface area contributed by atoms with Gasteiger partial charge in [0.15, 0.2) is 0 Å². The van der Waals surface area contributed by atoms with Crippen LogP contribution in [0, 0.1) is 28.6 Å². The summed E-state index contributed by atoms with van der Waals surface area (Å²) in [6.45, 7) is 5.05. The van der Waals surface area contributed by atoms with Crippen LogP contribution in [-0.2, 0) is 4.84 Å². The zero-order valence-corrected chi connectivity index (χ0v) is 21.1. The number of pyridine rings is 1. The lowest BCUT2D eigenvalue weighted by atomic mass is 9.46. The van der Waals surface area contributed by atoms with E-state index < -0.39 is 6.09 Å². The van der Waals surface area contributed by atoms with Crippen LogP contribution in [0.25, 0.3) is 5.57 Å². The predicted octanol–water partition coefficient (Wildman–Crippen LogP) is 6.13. The monoisotopic (exact) mass is 472 g/mol. The third kappa shape index (κ3) is 3.60. The molecule has 4 aliphatic carbocycles. The van der Waals surface area contributed by atoms with Gasteiger partial charge in [0.05, 0.1) is 6.04 Å². The minimum atomic E-state index is -0.412. The van der Waals surface area contributed by atoms with Crippen LogP contribution in [0.5, 0.6) is 0 Å². The van der Waals surface area contributed by atoms with Crippen LogP contribution >= 0.6 is 0 Å². The van der Waals surface area contributed by atoms with E-state index in [4.69, 9.17) is 4.84 Å². The van der Waals surface area contributed by atoms with Gasteiger partial charge in [0.2, 0.25) is 0 Å². The number of fused-ring (bicyclic) bond motifs is 5. The molecular formula is C29H36N4O2. The smallest absolute Gasteiger partial charge is 0.350 e. The third-order valence-corrected chi connectivity index (χ3v) is 10.0. The Balaban J connectivity index is 1.19. The van der Waals surface area contributed by atoms with Crippen molar-refractivity contribution < 1.29 is 9.63 Å². The number of nitrogens with zero attached hydrogens (tertiary/aromatic N) is 4. The lowest BCUT2D eigenvalue weighted by molar-refractivity contribution is -0.107. The van der Waals surface area contributed by atoms with Gasteiger partial charge in [-0.1, -0.05) is 37.6 Å². The topological polar surface area (TPSA) is 60.2 Å². The van der Waals surface area contributed by atoms with Crippen molar-refractivity contribution in [3.05, 3.63) is 66.5 Å². The SMILES string of the molecule is CN(OC(=O)n1ccnc1)C1C=C2CC[C@H]3[C@H](CC[C@]4(C)C(c5cccnc5)=CC[C@@H]34)[C@@]2(C)CC1. The molecule has 0 aliphatic heterocycles. The molecule has 0 aromatic carbocycles. The first-order chi connectivity index (χ1) is 16.9. The largest absolute Gasteiger partial charge is 0.438 e. The molecule has 2 aromatic rings. The van der Waals surface area contributed by atoms with Crippen LogP contribution < -0.4 is 0 Å². The number of carbonyl (C=O) groups is 1. The maximum Gasteiger partial charge on any atom is 0.438 e. The molecule has 0 spiro atoms. The van der Waals surface area contributed by atoms with E-state index in [2.05, 4.69) is 48.1 Å². The summed E-state index contributed by atoms with van der Waals surface area (Å²) in [4.78, 5) is 26.4. The Labute approximate surface area is 208 Å². The second-order valence-corrected chi connectivity index (χ2v) is 11.6. The van der Waals surface area contributed by atoms with E-state index in [9.17, 15) is 4.79 Å². The molecule has 2 saturated carbocycles. The molecular weight excluding hydrogens is 436 g/mol. The number of carbonyl (C=O) groups excluding carboxylic acids is 1. The molecule has 6 nitrogen and oxygen atoms in total. The molecule has 35 heavy (non-hydrogen) atoms. The van der Waals surface area contributed by atoms with Crippen molar-refractivity contribution in [3.8, 4) is 0 Å². The van der Waals surface area contributed by atoms with E-state index >= 15 is 0 Å². The molecule has 184 valence electrons. The highest BCUT2D eigenvalue weighted by molar-refractivity contribution is 5.72. The summed E-state index contributed by atoms with van der Waals surface area (Å²) in [5, 5.41) is 1.74. The standard InChI is InChI=1S/C29H36N4O2/c1-28-12-10-22(32(3)35-27(34)33-16-15-31-19-33)17-21(28)6-7-23-25-9-8-24(20-5-4-14-30-18-20)29(25,2)13-11-26(23)28/h4-5,8,14-19,22-23,25-26H,6-7,9-13H2,1-3H3/t22?,23-,25+,26+,28+,29-/m1/s1. The van der Waals surface area contributed by atoms with Gasteiger partial charge in [-0.3, -0.25) is 4.98 Å². The fourth-order valence-electron chi connectivity index (χ4n) is 8.14. The average molecular weight is 473 g/mol. The normalized spacial score (nSPS) is 36.0. The summed E-state index contributed by atoms with van der Waals surface area (Å²) < 4.78 is 1.37. The number of aromatic nitrogens is 3. The number of rotatable bonds is 3. The van der Waals surface area contributed by atoms with Crippen molar-refractivity contribution in [2.24, 2.45) is 28.6 Å². The van der Waals surface area contributed by atoms with Gasteiger partial charge in [0.1, 0.15) is 6.33 Å². The molecule has 6 heteroatoms. The Morgan fingerprint density at radius 2 is 1.97 bits per heavy atom. The molecule has 1 unspecified atom stereocenters. The fourth-order valence-corrected chi connectivity index (χ4v) is 8.14. The number of hydrogen-bond acceptors (Lipinski definition) is 5. The van der Waals surface area contributed by atoms with Crippen LogP contribution in [0.4, 0.5) is 4.79 Å². The van der Waals surface area contributed by atoms with Crippen molar-refractivity contribution in [2.45, 2.75) is 64.8 Å². The Morgan fingerprint density at radius 1 is 1.11 bits per heavy atom. The summed E-state index contributed by atoms with van der Waals surface area (Å²) in [7, 11) is 1.88. The zero-order chi connectivity index (χ0) is 24.2. The van der Waals surface area contributed by atoms with E-state index in [1.54, 1.807) is 23.0 Å². The first-order valence-electron chi connectivity index (χ1n) is 13.2. The molecule has 6 rings (SSSR count). The average Bonchev–Trinajstić information content (AvgIpc) is 3.52. The van der Waals surface area contributed by atoms with Crippen LogP contribution in [0.3, 0.4) is 0 Å². The summed E-state index contributed by atoms with van der Waals surface area (Å²) >= 11 is 0. The molecule has 0 amide bonds. The highest BCUT2D eigenvalue weighted by Gasteiger charge is 2.57. The molecule has 4 aliphatic rings. The second kappa shape index (κ2) is 8.44. The molecule has 2 heterocycles. The van der Waals surface area contributed by atoms with Gasteiger partial charge in [0.25, 0.3) is 0 Å². The minimum Gasteiger partial charge on any atom is -0.350 e. The Hall–Kier alpha value is -2.73. The number of imidazole rings is 1. The summed E-state index contributed by atoms with van der Waals surface area (Å²) in [6.07, 6.45) is 21.5. The number of allylic oxidation sites excluding steroid dienone is 3. The van der Waals surface area contributed by atoms with Gasteiger partial charge >= 0.3 is 6.09 Å². The number of likely N-dealkylation sites (N-methyl/N-ethyl adjacent to an activating group) is 1. The molecule has 0 saturated heterocycles. The van der Waals surface area contributed by atoms with E-state index in [-0.39, 0.29) is 16.9 Å². The van der Waals surface area contributed by atoms with Crippen LogP contribution in [0.1, 0.15) is 64.4 Å². The van der Waals surface area contributed by atoms with E-state index in [1.807, 2.05) is 19.4 Å². The summed E-state index contributed by atoms with van der Waals surface area (Å²) in [5.74, 6) is 2.24. The van der Waals surface area contributed by atoms with Gasteiger partial charge in [-0.15, -0.1) is 5.06 Å². The lowest BCUT2D eigenvalue weighted by Crippen LogP contribution is -2.51. The number of hydroxylamine groups is 2. The predicted molar refractivity (Wildman–Crippen MR) is 135 cm³/mol. The van der Waals surface area contributed by atoms with Gasteiger partial charge < -0.3 is 4.84 Å². The van der Waals surface area contributed by atoms with Crippen LogP contribution in [-0.4, -0.2) is 38.8 Å². The van der Waals surface area contributed by atoms with Crippen molar-refractivity contribution in [1.29, 1.82) is 0 Å². The number of hydrogen-bond donors (Lipinski definition) is 0. The minimum absolute atomic E-state index is 0.126. The van der Waals surface area contributed by atoms with Gasteiger partial charge in [0, 0.05) is 31.8 Å². The Kier molecular flexibility index (Phi) is 5.48. The lowest BCUT2D eigenvalue weighted by Gasteiger charge is -2.58.